The highest BCUT2D eigenvalue weighted by molar-refractivity contribution is 9.09. The van der Waals surface area contributed by atoms with Gasteiger partial charge < -0.3 is 4.90 Å². The molecule has 0 N–H and O–H groups in total. The van der Waals surface area contributed by atoms with E-state index in [-0.39, 0.29) is 17.0 Å². The minimum absolute atomic E-state index is 0.0876. The predicted molar refractivity (Wildman–Crippen MR) is 66.1 cm³/mol. The van der Waals surface area contributed by atoms with Crippen molar-refractivity contribution in [3.63, 3.8) is 0 Å². The second-order valence-corrected chi connectivity index (χ2v) is 7.36. The van der Waals surface area contributed by atoms with Gasteiger partial charge in [0.05, 0.1) is 5.33 Å². The first-order valence-corrected chi connectivity index (χ1v) is 8.66. The van der Waals surface area contributed by atoms with Gasteiger partial charge in [0.2, 0.25) is 5.91 Å². The molecule has 1 unspecified atom stereocenters. The fourth-order valence-corrected chi connectivity index (χ4v) is 4.74. The molecule has 1 saturated heterocycles. The van der Waals surface area contributed by atoms with Gasteiger partial charge in [-0.25, -0.2) is 8.42 Å². The molecule has 0 aromatic rings. The van der Waals surface area contributed by atoms with Gasteiger partial charge in [-0.3, -0.25) is 4.79 Å². The van der Waals surface area contributed by atoms with Crippen molar-refractivity contribution in [2.45, 2.75) is 12.3 Å². The molecule has 1 aliphatic heterocycles. The van der Waals surface area contributed by atoms with Crippen LogP contribution in [0.2, 0.25) is 0 Å². The van der Waals surface area contributed by atoms with E-state index < -0.39 is 15.2 Å². The summed E-state index contributed by atoms with van der Waals surface area (Å²) in [5.41, 5.74) is 0. The van der Waals surface area contributed by atoms with Crippen LogP contribution in [-0.4, -0.2) is 53.7 Å². The summed E-state index contributed by atoms with van der Waals surface area (Å²) >= 11 is 4.66. The molecule has 1 aliphatic rings. The Labute approximate surface area is 103 Å². The summed E-state index contributed by atoms with van der Waals surface area (Å²) in [6, 6.07) is 0. The second-order valence-electron chi connectivity index (χ2n) is 3.20. The summed E-state index contributed by atoms with van der Waals surface area (Å²) in [6.07, 6.45) is 0. The molecule has 1 heterocycles. The number of halogens is 1. The molecule has 4 nitrogen and oxygen atoms in total. The largest absolute Gasteiger partial charge is 0.323 e. The molecule has 0 aromatic heterocycles. The van der Waals surface area contributed by atoms with Gasteiger partial charge in [-0.2, -0.15) is 11.8 Å². The van der Waals surface area contributed by atoms with Crippen molar-refractivity contribution in [2.24, 2.45) is 0 Å². The van der Waals surface area contributed by atoms with Gasteiger partial charge in [0, 0.05) is 23.8 Å². The lowest BCUT2D eigenvalue weighted by molar-refractivity contribution is -0.128. The Bertz CT molecular complexity index is 331. The maximum absolute atomic E-state index is 11.8. The number of carbonyl (C=O) groups excluding carboxylic acids is 1. The highest BCUT2D eigenvalue weighted by Gasteiger charge is 2.34. The summed E-state index contributed by atoms with van der Waals surface area (Å²) in [6.45, 7) is 2.14. The fraction of sp³-hybridized carbons (Fsp3) is 0.875. The van der Waals surface area contributed by atoms with Gasteiger partial charge in [0.25, 0.3) is 0 Å². The van der Waals surface area contributed by atoms with E-state index in [1.165, 1.54) is 4.90 Å². The Morgan fingerprint density at radius 3 is 2.80 bits per heavy atom. The Hall–Kier alpha value is 0.250. The van der Waals surface area contributed by atoms with Gasteiger partial charge in [0.1, 0.15) is 5.37 Å². The number of amides is 1. The number of thioether (sulfide) groups is 1. The van der Waals surface area contributed by atoms with E-state index in [2.05, 4.69) is 15.9 Å². The topological polar surface area (TPSA) is 54.5 Å². The lowest BCUT2D eigenvalue weighted by atomic mass is 10.5. The van der Waals surface area contributed by atoms with Crippen LogP contribution < -0.4 is 0 Å². The van der Waals surface area contributed by atoms with Gasteiger partial charge in [-0.05, 0) is 0 Å². The molecule has 88 valence electrons. The van der Waals surface area contributed by atoms with E-state index in [1.54, 1.807) is 18.7 Å². The van der Waals surface area contributed by atoms with Crippen LogP contribution in [0.1, 0.15) is 6.92 Å². The SMILES string of the molecule is CCS(=O)(=O)C1CSCCN1C(=O)CBr. The van der Waals surface area contributed by atoms with E-state index in [0.717, 1.165) is 5.75 Å². The number of rotatable bonds is 3. The highest BCUT2D eigenvalue weighted by Crippen LogP contribution is 2.21. The number of hydrogen-bond donors (Lipinski definition) is 0. The fourth-order valence-electron chi connectivity index (χ4n) is 1.43. The van der Waals surface area contributed by atoms with Gasteiger partial charge in [0.15, 0.2) is 9.84 Å². The van der Waals surface area contributed by atoms with Crippen molar-refractivity contribution in [3.05, 3.63) is 0 Å². The van der Waals surface area contributed by atoms with Crippen LogP contribution in [0.5, 0.6) is 0 Å². The molecule has 1 fully saturated rings. The maximum Gasteiger partial charge on any atom is 0.234 e. The van der Waals surface area contributed by atoms with Crippen LogP contribution in [0.25, 0.3) is 0 Å². The standard InChI is InChI=1S/C8H14BrNO3S2/c1-2-15(12,13)8-6-14-4-3-10(8)7(11)5-9/h8H,2-6H2,1H3. The molecule has 7 heteroatoms. The summed E-state index contributed by atoms with van der Waals surface area (Å²) in [5, 5.41) is -0.445. The van der Waals surface area contributed by atoms with Crippen molar-refractivity contribution < 1.29 is 13.2 Å². The van der Waals surface area contributed by atoms with Crippen molar-refractivity contribution in [2.75, 3.05) is 29.1 Å². The molecule has 0 aliphatic carbocycles. The van der Waals surface area contributed by atoms with Crippen LogP contribution in [-0.2, 0) is 14.6 Å². The molecule has 15 heavy (non-hydrogen) atoms. The molecular weight excluding hydrogens is 302 g/mol. The zero-order valence-corrected chi connectivity index (χ0v) is 11.7. The summed E-state index contributed by atoms with van der Waals surface area (Å²) < 4.78 is 23.5. The molecular formula is C8H14BrNO3S2. The lowest BCUT2D eigenvalue weighted by Crippen LogP contribution is -2.51. The van der Waals surface area contributed by atoms with Gasteiger partial charge in [-0.1, -0.05) is 22.9 Å². The molecule has 0 spiro atoms. The number of carbonyl (C=O) groups is 1. The van der Waals surface area contributed by atoms with Crippen molar-refractivity contribution in [1.29, 1.82) is 0 Å². The third-order valence-electron chi connectivity index (χ3n) is 2.34. The minimum Gasteiger partial charge on any atom is -0.323 e. The van der Waals surface area contributed by atoms with Crippen LogP contribution in [0.15, 0.2) is 0 Å². The molecule has 0 aromatic carbocycles. The van der Waals surface area contributed by atoms with Gasteiger partial charge >= 0.3 is 0 Å². The minimum atomic E-state index is -3.16. The molecule has 1 amide bonds. The van der Waals surface area contributed by atoms with Crippen molar-refractivity contribution >= 4 is 43.4 Å². The second kappa shape index (κ2) is 5.54. The first kappa shape index (κ1) is 13.3. The van der Waals surface area contributed by atoms with Crippen LogP contribution >= 0.6 is 27.7 Å². The Morgan fingerprint density at radius 1 is 1.60 bits per heavy atom. The Kier molecular flexibility index (Phi) is 4.92. The number of alkyl halides is 1. The van der Waals surface area contributed by atoms with E-state index in [4.69, 9.17) is 0 Å². The smallest absolute Gasteiger partial charge is 0.234 e. The molecule has 0 saturated carbocycles. The highest BCUT2D eigenvalue weighted by atomic mass is 79.9. The first-order chi connectivity index (χ1) is 7.03. The lowest BCUT2D eigenvalue weighted by Gasteiger charge is -2.34. The molecule has 1 rings (SSSR count). The number of sulfone groups is 1. The average molecular weight is 316 g/mol. The molecule has 0 bridgehead atoms. The summed E-state index contributed by atoms with van der Waals surface area (Å²) in [5.74, 6) is 1.26. The van der Waals surface area contributed by atoms with Gasteiger partial charge in [-0.15, -0.1) is 0 Å². The van der Waals surface area contributed by atoms with E-state index in [1.807, 2.05) is 0 Å². The third-order valence-corrected chi connectivity index (χ3v) is 6.10. The zero-order valence-electron chi connectivity index (χ0n) is 8.48. The molecule has 0 radical (unpaired) electrons. The monoisotopic (exact) mass is 315 g/mol. The Balaban J connectivity index is 2.88. The predicted octanol–water partition coefficient (Wildman–Crippen LogP) is 0.717. The van der Waals surface area contributed by atoms with Crippen molar-refractivity contribution in [1.82, 2.24) is 4.90 Å². The summed E-state index contributed by atoms with van der Waals surface area (Å²) in [4.78, 5) is 13.0. The summed E-state index contributed by atoms with van der Waals surface area (Å²) in [7, 11) is -3.16. The third kappa shape index (κ3) is 3.10. The first-order valence-electron chi connectivity index (χ1n) is 4.67. The van der Waals surface area contributed by atoms with E-state index in [0.29, 0.717) is 12.3 Å². The van der Waals surface area contributed by atoms with Crippen LogP contribution in [0.3, 0.4) is 0 Å². The Morgan fingerprint density at radius 2 is 2.27 bits per heavy atom. The van der Waals surface area contributed by atoms with E-state index in [9.17, 15) is 13.2 Å². The van der Waals surface area contributed by atoms with E-state index >= 15 is 0 Å². The average Bonchev–Trinajstić information content (AvgIpc) is 2.28. The number of nitrogens with zero attached hydrogens (tertiary/aromatic N) is 1. The van der Waals surface area contributed by atoms with Crippen LogP contribution in [0, 0.1) is 0 Å². The quantitative estimate of drug-likeness (QED) is 0.720. The number of hydrogen-bond acceptors (Lipinski definition) is 4. The van der Waals surface area contributed by atoms with Crippen molar-refractivity contribution in [3.8, 4) is 0 Å². The van der Waals surface area contributed by atoms with Crippen LogP contribution in [0.4, 0.5) is 0 Å². The zero-order chi connectivity index (χ0) is 11.5. The maximum atomic E-state index is 11.8. The molecule has 1 atom stereocenters. The normalized spacial score (nSPS) is 22.8.